The van der Waals surface area contributed by atoms with Crippen molar-refractivity contribution in [3.05, 3.63) is 77.1 Å². The van der Waals surface area contributed by atoms with Gasteiger partial charge in [0.05, 0.1) is 22.8 Å². The number of rotatable bonds is 6. The summed E-state index contributed by atoms with van der Waals surface area (Å²) in [5.74, 6) is -0.153. The Morgan fingerprint density at radius 1 is 1.18 bits per heavy atom. The maximum Gasteiger partial charge on any atom is 0.260 e. The van der Waals surface area contributed by atoms with Crippen LogP contribution in [0.5, 0.6) is 5.75 Å². The molecule has 0 radical (unpaired) electrons. The molecule has 0 aliphatic carbocycles. The van der Waals surface area contributed by atoms with Crippen LogP contribution in [0, 0.1) is 0 Å². The van der Waals surface area contributed by atoms with E-state index in [1.807, 2.05) is 69.5 Å². The van der Waals surface area contributed by atoms with E-state index in [-0.39, 0.29) is 30.5 Å². The second kappa shape index (κ2) is 14.2. The number of carbonyl (C=O) groups is 2. The minimum Gasteiger partial charge on any atom is -0.484 e. The van der Waals surface area contributed by atoms with Gasteiger partial charge in [-0.05, 0) is 26.0 Å². The molecule has 0 saturated heterocycles. The molecule has 0 saturated carbocycles. The predicted molar refractivity (Wildman–Crippen MR) is 136 cm³/mol. The fourth-order valence-electron chi connectivity index (χ4n) is 3.33. The standard InChI is InChI=1S/C20H22ClN3O3.C4H8.C2H6/c1-3-13(2)19-18(21)17(20(22)26)15-11-23(9-10-24(15)19)16(25)12-27-14-7-5-4-6-8-14;1-3-4-2;1-2/h3-8,13H,1,9-12H2,2H3,(H2,22,26);3-4H,1-2H3;1-2H3/b;4-3-;. The minimum absolute atomic E-state index is 0.0342. The summed E-state index contributed by atoms with van der Waals surface area (Å²) in [4.78, 5) is 26.2. The van der Waals surface area contributed by atoms with Gasteiger partial charge in [-0.25, -0.2) is 0 Å². The van der Waals surface area contributed by atoms with E-state index < -0.39 is 5.91 Å². The lowest BCUT2D eigenvalue weighted by atomic mass is 10.1. The second-order valence-electron chi connectivity index (χ2n) is 7.14. The summed E-state index contributed by atoms with van der Waals surface area (Å²) in [5.41, 5.74) is 7.31. The summed E-state index contributed by atoms with van der Waals surface area (Å²) >= 11 is 6.46. The molecule has 180 valence electrons. The number of allylic oxidation sites excluding steroid dienone is 3. The zero-order valence-electron chi connectivity index (χ0n) is 20.3. The first-order valence-electron chi connectivity index (χ1n) is 11.2. The van der Waals surface area contributed by atoms with Crippen LogP contribution in [-0.2, 0) is 17.9 Å². The molecule has 6 nitrogen and oxygen atoms in total. The quantitative estimate of drug-likeness (QED) is 0.558. The molecule has 1 aliphatic rings. The van der Waals surface area contributed by atoms with Crippen LogP contribution in [0.1, 0.15) is 62.3 Å². The van der Waals surface area contributed by atoms with E-state index >= 15 is 0 Å². The molecule has 1 atom stereocenters. The van der Waals surface area contributed by atoms with Gasteiger partial charge in [0.1, 0.15) is 5.75 Å². The third kappa shape index (κ3) is 7.26. The van der Waals surface area contributed by atoms with E-state index in [0.29, 0.717) is 29.6 Å². The van der Waals surface area contributed by atoms with Gasteiger partial charge in [-0.15, -0.1) is 6.58 Å². The van der Waals surface area contributed by atoms with Crippen LogP contribution in [0.2, 0.25) is 5.02 Å². The summed E-state index contributed by atoms with van der Waals surface area (Å²) in [5, 5.41) is 0.347. The Morgan fingerprint density at radius 3 is 2.30 bits per heavy atom. The summed E-state index contributed by atoms with van der Waals surface area (Å²) in [6.07, 6.45) is 5.77. The molecule has 0 fully saturated rings. The van der Waals surface area contributed by atoms with Gasteiger partial charge in [0.15, 0.2) is 6.61 Å². The highest BCUT2D eigenvalue weighted by molar-refractivity contribution is 6.35. The number of aromatic nitrogens is 1. The predicted octanol–water partition coefficient (Wildman–Crippen LogP) is 5.56. The first kappa shape index (κ1) is 28.0. The van der Waals surface area contributed by atoms with Crippen molar-refractivity contribution in [3.63, 3.8) is 0 Å². The molecule has 1 aromatic heterocycles. The zero-order valence-corrected chi connectivity index (χ0v) is 21.1. The van der Waals surface area contributed by atoms with Crippen LogP contribution in [0.25, 0.3) is 0 Å². The van der Waals surface area contributed by atoms with Gasteiger partial charge in [-0.1, -0.05) is 68.8 Å². The molecule has 1 aromatic carbocycles. The lowest BCUT2D eigenvalue weighted by Gasteiger charge is -2.30. The van der Waals surface area contributed by atoms with E-state index in [4.69, 9.17) is 22.1 Å². The van der Waals surface area contributed by atoms with Crippen molar-refractivity contribution in [2.24, 2.45) is 5.73 Å². The lowest BCUT2D eigenvalue weighted by Crippen LogP contribution is -2.41. The largest absolute Gasteiger partial charge is 0.484 e. The highest BCUT2D eigenvalue weighted by Gasteiger charge is 2.32. The highest BCUT2D eigenvalue weighted by Crippen LogP contribution is 2.36. The Hall–Kier alpha value is -2.99. The fourth-order valence-corrected chi connectivity index (χ4v) is 3.80. The molecule has 2 aromatic rings. The van der Waals surface area contributed by atoms with E-state index in [1.54, 1.807) is 23.1 Å². The van der Waals surface area contributed by atoms with Gasteiger partial charge >= 0.3 is 0 Å². The summed E-state index contributed by atoms with van der Waals surface area (Å²) in [7, 11) is 0. The van der Waals surface area contributed by atoms with Gasteiger partial charge < -0.3 is 19.9 Å². The maximum absolute atomic E-state index is 12.6. The van der Waals surface area contributed by atoms with Crippen molar-refractivity contribution in [1.82, 2.24) is 9.47 Å². The Balaban J connectivity index is 0.000000820. The number of benzene rings is 1. The third-order valence-electron chi connectivity index (χ3n) is 5.11. The lowest BCUT2D eigenvalue weighted by molar-refractivity contribution is -0.134. The van der Waals surface area contributed by atoms with Crippen molar-refractivity contribution < 1.29 is 14.3 Å². The molecular formula is C26H36ClN3O3. The number of primary amides is 1. The van der Waals surface area contributed by atoms with E-state index in [2.05, 4.69) is 6.58 Å². The highest BCUT2D eigenvalue weighted by atomic mass is 35.5. The average Bonchev–Trinajstić information content (AvgIpc) is 3.15. The number of nitrogens with zero attached hydrogens (tertiary/aromatic N) is 2. The number of hydrogen-bond acceptors (Lipinski definition) is 3. The van der Waals surface area contributed by atoms with Gasteiger partial charge in [0, 0.05) is 24.7 Å². The summed E-state index contributed by atoms with van der Waals surface area (Å²) < 4.78 is 7.53. The van der Waals surface area contributed by atoms with Gasteiger partial charge in [-0.2, -0.15) is 0 Å². The van der Waals surface area contributed by atoms with Crippen LogP contribution in [-0.4, -0.2) is 34.4 Å². The topological polar surface area (TPSA) is 77.6 Å². The molecule has 2 heterocycles. The Kier molecular flexibility index (Phi) is 12.1. The second-order valence-corrected chi connectivity index (χ2v) is 7.52. The Morgan fingerprint density at radius 2 is 1.79 bits per heavy atom. The van der Waals surface area contributed by atoms with Gasteiger partial charge in [-0.3, -0.25) is 9.59 Å². The van der Waals surface area contributed by atoms with E-state index in [1.165, 1.54) is 0 Å². The normalized spacial score (nSPS) is 13.1. The number of ether oxygens (including phenoxy) is 1. The van der Waals surface area contributed by atoms with Crippen molar-refractivity contribution in [3.8, 4) is 5.75 Å². The number of amides is 2. The number of carbonyl (C=O) groups excluding carboxylic acids is 2. The van der Waals surface area contributed by atoms with Gasteiger partial charge in [0.2, 0.25) is 0 Å². The molecular weight excluding hydrogens is 438 g/mol. The van der Waals surface area contributed by atoms with Gasteiger partial charge in [0.25, 0.3) is 11.8 Å². The fraction of sp³-hybridized carbons (Fsp3) is 0.385. The first-order chi connectivity index (χ1) is 15.8. The number of halogens is 1. The molecule has 0 bridgehead atoms. The van der Waals surface area contributed by atoms with Crippen molar-refractivity contribution >= 4 is 23.4 Å². The third-order valence-corrected chi connectivity index (χ3v) is 5.49. The summed E-state index contributed by atoms with van der Waals surface area (Å²) in [6, 6.07) is 9.16. The van der Waals surface area contributed by atoms with E-state index in [9.17, 15) is 9.59 Å². The molecule has 7 heteroatoms. The molecule has 2 N–H and O–H groups in total. The molecule has 1 aliphatic heterocycles. The van der Waals surface area contributed by atoms with Crippen molar-refractivity contribution in [2.75, 3.05) is 13.2 Å². The molecule has 2 amide bonds. The average molecular weight is 474 g/mol. The smallest absolute Gasteiger partial charge is 0.260 e. The SMILES string of the molecule is C/C=C\C.C=CC(C)c1c(Cl)c(C(N)=O)c2n1CCN(C(=O)COc1ccccc1)C2.CC. The van der Waals surface area contributed by atoms with Crippen molar-refractivity contribution in [2.45, 2.75) is 53.6 Å². The minimum atomic E-state index is -0.596. The molecule has 3 rings (SSSR count). The van der Waals surface area contributed by atoms with Crippen LogP contribution >= 0.6 is 11.6 Å². The summed E-state index contributed by atoms with van der Waals surface area (Å²) in [6.45, 7) is 15.0. The first-order valence-corrected chi connectivity index (χ1v) is 11.6. The Bertz CT molecular complexity index is 947. The Labute approximate surface area is 202 Å². The van der Waals surface area contributed by atoms with Crippen LogP contribution in [0.4, 0.5) is 0 Å². The number of fused-ring (bicyclic) bond motifs is 1. The number of hydrogen-bond donors (Lipinski definition) is 1. The molecule has 33 heavy (non-hydrogen) atoms. The zero-order chi connectivity index (χ0) is 25.0. The van der Waals surface area contributed by atoms with E-state index in [0.717, 1.165) is 5.69 Å². The van der Waals surface area contributed by atoms with Crippen LogP contribution in [0.3, 0.4) is 0 Å². The number of nitrogens with two attached hydrogens (primary N) is 1. The van der Waals surface area contributed by atoms with Crippen LogP contribution < -0.4 is 10.5 Å². The molecule has 0 spiro atoms. The molecule has 1 unspecified atom stereocenters. The maximum atomic E-state index is 12.6. The number of para-hydroxylation sites is 1. The van der Waals surface area contributed by atoms with Crippen LogP contribution in [0.15, 0.2) is 55.1 Å². The van der Waals surface area contributed by atoms with Crippen molar-refractivity contribution in [1.29, 1.82) is 0 Å². The monoisotopic (exact) mass is 473 g/mol.